The van der Waals surface area contributed by atoms with Crippen LogP contribution >= 0.6 is 0 Å². The van der Waals surface area contributed by atoms with Gasteiger partial charge in [0.1, 0.15) is 23.0 Å². The van der Waals surface area contributed by atoms with Crippen molar-refractivity contribution < 1.29 is 28.9 Å². The normalized spacial score (nSPS) is 16.8. The van der Waals surface area contributed by atoms with Gasteiger partial charge in [-0.05, 0) is 81.8 Å². The molecule has 0 saturated carbocycles. The summed E-state index contributed by atoms with van der Waals surface area (Å²) in [6.07, 6.45) is -0.0611. The van der Waals surface area contributed by atoms with Crippen LogP contribution in [0.5, 0.6) is 17.2 Å². The number of carbonyl (C=O) groups excluding carboxylic acids is 2. The van der Waals surface area contributed by atoms with Crippen LogP contribution in [0.3, 0.4) is 0 Å². The molecule has 0 spiro atoms. The zero-order chi connectivity index (χ0) is 26.5. The maximum absolute atomic E-state index is 13.4. The summed E-state index contributed by atoms with van der Waals surface area (Å²) in [5.74, 6) is 0.0347. The van der Waals surface area contributed by atoms with Crippen LogP contribution in [0.25, 0.3) is 5.76 Å². The average molecular weight is 502 g/mol. The van der Waals surface area contributed by atoms with Crippen molar-refractivity contribution in [1.82, 2.24) is 0 Å². The van der Waals surface area contributed by atoms with Gasteiger partial charge in [0, 0.05) is 11.3 Å². The minimum atomic E-state index is -0.871. The molecule has 1 aliphatic rings. The number of carbonyl (C=O) groups is 2. The minimum absolute atomic E-state index is 0.00534. The number of nitrogens with zero attached hydrogens (tertiary/aromatic N) is 1. The average Bonchev–Trinajstić information content (AvgIpc) is 3.15. The van der Waals surface area contributed by atoms with E-state index in [9.17, 15) is 14.7 Å². The Morgan fingerprint density at radius 1 is 0.865 bits per heavy atom. The molecule has 0 radical (unpaired) electrons. The second kappa shape index (κ2) is 11.2. The summed E-state index contributed by atoms with van der Waals surface area (Å²) in [5.41, 5.74) is 1.52. The smallest absolute Gasteiger partial charge is 0.300 e. The van der Waals surface area contributed by atoms with E-state index in [0.29, 0.717) is 47.3 Å². The van der Waals surface area contributed by atoms with Crippen LogP contribution in [-0.2, 0) is 9.59 Å². The van der Waals surface area contributed by atoms with E-state index in [0.717, 1.165) is 0 Å². The molecular weight excluding hydrogens is 470 g/mol. The van der Waals surface area contributed by atoms with Crippen molar-refractivity contribution in [2.24, 2.45) is 0 Å². The monoisotopic (exact) mass is 501 g/mol. The largest absolute Gasteiger partial charge is 0.507 e. The van der Waals surface area contributed by atoms with Crippen molar-refractivity contribution in [2.45, 2.75) is 39.8 Å². The molecule has 7 nitrogen and oxygen atoms in total. The van der Waals surface area contributed by atoms with E-state index in [2.05, 4.69) is 0 Å². The maximum Gasteiger partial charge on any atom is 0.300 e. The number of benzene rings is 3. The van der Waals surface area contributed by atoms with E-state index in [-0.39, 0.29) is 17.4 Å². The number of ketones is 1. The highest BCUT2D eigenvalue weighted by Gasteiger charge is 2.47. The number of ether oxygens (including phenoxy) is 3. The number of aliphatic hydroxyl groups is 1. The van der Waals surface area contributed by atoms with Crippen molar-refractivity contribution in [3.05, 3.63) is 89.5 Å². The Morgan fingerprint density at radius 3 is 2.19 bits per heavy atom. The SMILES string of the molecule is CCOc1ccc(N2C(=O)C(=O)/C(=C(\O)c3cccc(OCC)c3)C2c2cccc(OC(C)C)c2)cc1. The van der Waals surface area contributed by atoms with Crippen molar-refractivity contribution in [1.29, 1.82) is 0 Å². The molecule has 1 N–H and O–H groups in total. The number of hydrogen-bond acceptors (Lipinski definition) is 6. The van der Waals surface area contributed by atoms with E-state index in [4.69, 9.17) is 14.2 Å². The summed E-state index contributed by atoms with van der Waals surface area (Å²) >= 11 is 0. The highest BCUT2D eigenvalue weighted by molar-refractivity contribution is 6.51. The zero-order valence-electron chi connectivity index (χ0n) is 21.4. The Labute approximate surface area is 216 Å². The predicted octanol–water partition coefficient (Wildman–Crippen LogP) is 5.90. The highest BCUT2D eigenvalue weighted by Crippen LogP contribution is 2.43. The molecule has 1 heterocycles. The van der Waals surface area contributed by atoms with Gasteiger partial charge in [-0.25, -0.2) is 0 Å². The predicted molar refractivity (Wildman–Crippen MR) is 142 cm³/mol. The van der Waals surface area contributed by atoms with Crippen LogP contribution in [0, 0.1) is 0 Å². The Kier molecular flexibility index (Phi) is 7.82. The third-order valence-corrected chi connectivity index (χ3v) is 5.83. The van der Waals surface area contributed by atoms with Gasteiger partial charge in [0.25, 0.3) is 11.7 Å². The fraction of sp³-hybridized carbons (Fsp3) is 0.267. The van der Waals surface area contributed by atoms with Crippen LogP contribution in [0.4, 0.5) is 5.69 Å². The number of anilines is 1. The Balaban J connectivity index is 1.88. The van der Waals surface area contributed by atoms with Crippen LogP contribution in [-0.4, -0.2) is 36.1 Å². The van der Waals surface area contributed by atoms with E-state index in [1.807, 2.05) is 39.8 Å². The molecule has 4 rings (SSSR count). The third-order valence-electron chi connectivity index (χ3n) is 5.83. The lowest BCUT2D eigenvalue weighted by Gasteiger charge is -2.26. The lowest BCUT2D eigenvalue weighted by molar-refractivity contribution is -0.132. The van der Waals surface area contributed by atoms with Gasteiger partial charge >= 0.3 is 0 Å². The van der Waals surface area contributed by atoms with Gasteiger partial charge in [-0.1, -0.05) is 24.3 Å². The fourth-order valence-corrected chi connectivity index (χ4v) is 4.37. The van der Waals surface area contributed by atoms with Gasteiger partial charge < -0.3 is 19.3 Å². The number of hydrogen-bond donors (Lipinski definition) is 1. The molecule has 0 aromatic heterocycles. The summed E-state index contributed by atoms with van der Waals surface area (Å²) in [4.78, 5) is 28.3. The molecule has 3 aromatic carbocycles. The van der Waals surface area contributed by atoms with Crippen LogP contribution < -0.4 is 19.1 Å². The van der Waals surface area contributed by atoms with Gasteiger partial charge in [0.2, 0.25) is 0 Å². The lowest BCUT2D eigenvalue weighted by atomic mass is 9.95. The number of Topliss-reactive ketones (excluding diaryl/α,β-unsaturated/α-hetero) is 1. The molecule has 0 bridgehead atoms. The van der Waals surface area contributed by atoms with Crippen LogP contribution in [0.15, 0.2) is 78.4 Å². The van der Waals surface area contributed by atoms with E-state index < -0.39 is 17.7 Å². The molecule has 7 heteroatoms. The second-order valence-corrected chi connectivity index (χ2v) is 8.80. The fourth-order valence-electron chi connectivity index (χ4n) is 4.37. The number of amides is 1. The molecule has 192 valence electrons. The lowest BCUT2D eigenvalue weighted by Crippen LogP contribution is -2.29. The topological polar surface area (TPSA) is 85.3 Å². The Hall–Kier alpha value is -4.26. The summed E-state index contributed by atoms with van der Waals surface area (Å²) in [5, 5.41) is 11.4. The molecule has 37 heavy (non-hydrogen) atoms. The molecular formula is C30H31NO6. The van der Waals surface area contributed by atoms with Crippen molar-refractivity contribution >= 4 is 23.1 Å². The third kappa shape index (κ3) is 5.45. The van der Waals surface area contributed by atoms with Crippen LogP contribution in [0.1, 0.15) is 44.9 Å². The molecule has 0 aliphatic carbocycles. The quantitative estimate of drug-likeness (QED) is 0.223. The molecule has 1 aliphatic heterocycles. The summed E-state index contributed by atoms with van der Waals surface area (Å²) in [6.45, 7) is 8.55. The summed E-state index contributed by atoms with van der Waals surface area (Å²) in [6, 6.07) is 20.1. The first kappa shape index (κ1) is 25.8. The van der Waals surface area contributed by atoms with Crippen LogP contribution in [0.2, 0.25) is 0 Å². The van der Waals surface area contributed by atoms with Gasteiger partial charge in [0.05, 0.1) is 30.9 Å². The van der Waals surface area contributed by atoms with Gasteiger partial charge in [-0.2, -0.15) is 0 Å². The first-order valence-corrected chi connectivity index (χ1v) is 12.4. The number of rotatable bonds is 9. The molecule has 1 fully saturated rings. The first-order valence-electron chi connectivity index (χ1n) is 12.4. The van der Waals surface area contributed by atoms with Crippen molar-refractivity contribution in [2.75, 3.05) is 18.1 Å². The van der Waals surface area contributed by atoms with E-state index in [1.165, 1.54) is 4.90 Å². The minimum Gasteiger partial charge on any atom is -0.507 e. The molecule has 1 atom stereocenters. The van der Waals surface area contributed by atoms with Gasteiger partial charge in [-0.3, -0.25) is 14.5 Å². The molecule has 3 aromatic rings. The Morgan fingerprint density at radius 2 is 1.51 bits per heavy atom. The highest BCUT2D eigenvalue weighted by atomic mass is 16.5. The van der Waals surface area contributed by atoms with Crippen molar-refractivity contribution in [3.63, 3.8) is 0 Å². The second-order valence-electron chi connectivity index (χ2n) is 8.80. The summed E-state index contributed by atoms with van der Waals surface area (Å²) < 4.78 is 17.0. The molecule has 1 unspecified atom stereocenters. The molecule has 1 saturated heterocycles. The Bertz CT molecular complexity index is 1310. The first-order chi connectivity index (χ1) is 17.8. The van der Waals surface area contributed by atoms with Gasteiger partial charge in [-0.15, -0.1) is 0 Å². The maximum atomic E-state index is 13.4. The standard InChI is InChI=1S/C30H31NO6/c1-5-35-23-15-13-22(14-16-23)31-27(20-9-7-12-25(17-20)37-19(3)4)26(29(33)30(31)34)28(32)21-10-8-11-24(18-21)36-6-2/h7-19,27,32H,5-6H2,1-4H3/b28-26-. The molecule has 1 amide bonds. The zero-order valence-corrected chi connectivity index (χ0v) is 21.4. The van der Waals surface area contributed by atoms with Gasteiger partial charge in [0.15, 0.2) is 0 Å². The number of aliphatic hydroxyl groups excluding tert-OH is 1. The van der Waals surface area contributed by atoms with Crippen molar-refractivity contribution in [3.8, 4) is 17.2 Å². The van der Waals surface area contributed by atoms with E-state index in [1.54, 1.807) is 60.7 Å². The van der Waals surface area contributed by atoms with E-state index >= 15 is 0 Å². The summed E-state index contributed by atoms with van der Waals surface area (Å²) in [7, 11) is 0.